The van der Waals surface area contributed by atoms with Gasteiger partial charge in [0.1, 0.15) is 53.8 Å². The summed E-state index contributed by atoms with van der Waals surface area (Å²) in [5.74, 6) is -8.00. The zero-order valence-electron chi connectivity index (χ0n) is 46.8. The molecule has 9 atom stereocenters. The number of rotatable bonds is 20. The van der Waals surface area contributed by atoms with Gasteiger partial charge < -0.3 is 73.8 Å². The largest absolute Gasteiger partial charge is 0.508 e. The van der Waals surface area contributed by atoms with Crippen LogP contribution in [0.2, 0.25) is 5.02 Å². The van der Waals surface area contributed by atoms with Gasteiger partial charge in [-0.1, -0.05) is 81.7 Å². The second kappa shape index (κ2) is 31.9. The Bertz CT molecular complexity index is 2890. The summed E-state index contributed by atoms with van der Waals surface area (Å²) in [7, 11) is 7.49. The number of nitrogens with zero attached hydrogens (tertiary/aromatic N) is 3. The molecule has 1 fully saturated rings. The van der Waals surface area contributed by atoms with Crippen molar-refractivity contribution >= 4 is 86.4 Å². The second-order valence-corrected chi connectivity index (χ2v) is 23.2. The summed E-state index contributed by atoms with van der Waals surface area (Å²) in [5.41, 5.74) is 19.6. The maximum absolute atomic E-state index is 15.2. The molecule has 4 aromatic rings. The monoisotopic (exact) mass is 1200 g/mol. The van der Waals surface area contributed by atoms with Crippen molar-refractivity contribution in [1.29, 1.82) is 0 Å². The van der Waals surface area contributed by atoms with Crippen molar-refractivity contribution in [2.24, 2.45) is 17.2 Å². The van der Waals surface area contributed by atoms with Crippen LogP contribution in [0.1, 0.15) is 58.8 Å². The fraction of sp³-hybridized carbons (Fsp3) is 0.421. The van der Waals surface area contributed by atoms with Crippen molar-refractivity contribution in [2.45, 2.75) is 106 Å². The molecule has 1 saturated heterocycles. The van der Waals surface area contributed by atoms with Crippen LogP contribution in [-0.2, 0) is 64.0 Å². The highest BCUT2D eigenvalue weighted by Crippen LogP contribution is 2.26. The molecule has 448 valence electrons. The number of carbonyl (C=O) groups excluding carboxylic acids is 9. The lowest BCUT2D eigenvalue weighted by molar-refractivity contribution is -0.147. The van der Waals surface area contributed by atoms with E-state index in [4.69, 9.17) is 28.8 Å². The molecular formula is C57H74ClN11O12S2. The Hall–Kier alpha value is -7.42. The van der Waals surface area contributed by atoms with Gasteiger partial charge in [-0.25, -0.2) is 0 Å². The van der Waals surface area contributed by atoms with E-state index < -0.39 is 108 Å². The van der Waals surface area contributed by atoms with E-state index in [1.807, 2.05) is 0 Å². The summed E-state index contributed by atoms with van der Waals surface area (Å²) in [4.78, 5) is 132. The fourth-order valence-electron chi connectivity index (χ4n) is 9.28. The summed E-state index contributed by atoms with van der Waals surface area (Å²) >= 11 is 6.15. The van der Waals surface area contributed by atoms with Crippen LogP contribution in [0, 0.1) is 0 Å². The number of phenols is 2. The third kappa shape index (κ3) is 19.3. The molecule has 0 spiro atoms. The van der Waals surface area contributed by atoms with Crippen molar-refractivity contribution in [3.8, 4) is 11.5 Å². The molecule has 1 aliphatic heterocycles. The summed E-state index contributed by atoms with van der Waals surface area (Å²) < 4.78 is 0. The van der Waals surface area contributed by atoms with Gasteiger partial charge in [0, 0.05) is 62.5 Å². The topological polar surface area (TPSA) is 362 Å². The summed E-state index contributed by atoms with van der Waals surface area (Å²) in [6.45, 7) is 1.47. The first-order chi connectivity index (χ1) is 39.4. The summed E-state index contributed by atoms with van der Waals surface area (Å²) in [6.07, 6.45) is -1.29. The lowest BCUT2D eigenvalue weighted by Crippen LogP contribution is -2.62. The van der Waals surface area contributed by atoms with E-state index in [0.29, 0.717) is 28.1 Å². The molecule has 1 aliphatic rings. The normalized spacial score (nSPS) is 20.9. The maximum Gasteiger partial charge on any atom is 0.248 e. The van der Waals surface area contributed by atoms with E-state index >= 15 is 9.59 Å². The zero-order chi connectivity index (χ0) is 61.1. The van der Waals surface area contributed by atoms with E-state index in [1.165, 1.54) is 76.6 Å². The predicted molar refractivity (Wildman–Crippen MR) is 316 cm³/mol. The number of primary amides is 2. The number of benzene rings is 4. The standard InChI is InChI=1S/C57H74ClN11O12S2/c1-32(70)48-54(78)66-45(56(80)67(3)46(50(61)74)28-35-13-21-39(71)22-14-35)31-83-82-30-44(65-51(75)42(62-2)26-34-11-19-38(58)20-12-34)57(81)68(4)47(29-36-15-23-40(72)24-16-36)53(77)64-43(27-33-9-17-37(18-10-33)49(60)73)52(76)63-41(8-6-7-25-59)55(79)69(48)5/h9-24,32,41-48,62,70-72H,6-8,25-31,59H2,1-5H3,(H2,60,73)(H2,61,74)(H,63,76)(H,64,77)(H,65,75)(H,66,78)/t32?,41-,42-,43+,44+,45-,46+,47-,48?/m0/s1. The molecule has 9 amide bonds. The Morgan fingerprint density at radius 3 is 1.82 bits per heavy atom. The van der Waals surface area contributed by atoms with Gasteiger partial charge in [0.15, 0.2) is 0 Å². The first kappa shape index (κ1) is 66.4. The number of amides is 9. The minimum Gasteiger partial charge on any atom is -0.508 e. The van der Waals surface area contributed by atoms with E-state index in [0.717, 1.165) is 41.9 Å². The number of carbonyl (C=O) groups is 9. The van der Waals surface area contributed by atoms with Gasteiger partial charge in [-0.05, 0) is 117 Å². The van der Waals surface area contributed by atoms with Crippen molar-refractivity contribution in [3.63, 3.8) is 0 Å². The predicted octanol–water partition coefficient (Wildman–Crippen LogP) is 0.519. The van der Waals surface area contributed by atoms with Gasteiger partial charge in [-0.3, -0.25) is 43.2 Å². The molecule has 1 heterocycles. The number of nitrogens with one attached hydrogen (secondary N) is 5. The van der Waals surface area contributed by atoms with Gasteiger partial charge in [0.25, 0.3) is 0 Å². The first-order valence-corrected chi connectivity index (χ1v) is 29.6. The van der Waals surface area contributed by atoms with Crippen LogP contribution in [0.25, 0.3) is 0 Å². The van der Waals surface area contributed by atoms with Crippen LogP contribution in [0.5, 0.6) is 11.5 Å². The van der Waals surface area contributed by atoms with Crippen molar-refractivity contribution in [1.82, 2.24) is 41.3 Å². The molecule has 23 nitrogen and oxygen atoms in total. The number of unbranched alkanes of at least 4 members (excludes halogenated alkanes) is 1. The number of hydrogen-bond donors (Lipinski definition) is 11. The van der Waals surface area contributed by atoms with Crippen LogP contribution >= 0.6 is 33.2 Å². The molecule has 0 saturated carbocycles. The van der Waals surface area contributed by atoms with E-state index in [9.17, 15) is 48.9 Å². The molecule has 4 aromatic carbocycles. The Labute approximate surface area is 494 Å². The quantitative estimate of drug-likeness (QED) is 0.0424. The highest BCUT2D eigenvalue weighted by Gasteiger charge is 2.41. The van der Waals surface area contributed by atoms with E-state index in [-0.39, 0.29) is 73.6 Å². The van der Waals surface area contributed by atoms with Gasteiger partial charge in [-0.2, -0.15) is 0 Å². The number of likely N-dealkylation sites (N-methyl/N-ethyl adjacent to an activating group) is 4. The second-order valence-electron chi connectivity index (χ2n) is 20.2. The minimum absolute atomic E-state index is 0.0362. The smallest absolute Gasteiger partial charge is 0.248 e. The van der Waals surface area contributed by atoms with Crippen LogP contribution in [0.15, 0.2) is 97.1 Å². The van der Waals surface area contributed by atoms with Crippen molar-refractivity contribution in [3.05, 3.63) is 130 Å². The van der Waals surface area contributed by atoms with Crippen molar-refractivity contribution < 1.29 is 58.5 Å². The average Bonchev–Trinajstić information content (AvgIpc) is 3.57. The number of nitrogens with two attached hydrogens (primary N) is 3. The lowest BCUT2D eigenvalue weighted by atomic mass is 9.99. The van der Waals surface area contributed by atoms with E-state index in [1.54, 1.807) is 55.6 Å². The van der Waals surface area contributed by atoms with Crippen LogP contribution in [-0.4, -0.2) is 184 Å². The van der Waals surface area contributed by atoms with Gasteiger partial charge in [0.05, 0.1) is 12.1 Å². The molecule has 2 unspecified atom stereocenters. The number of aliphatic hydroxyl groups excluding tert-OH is 1. The maximum atomic E-state index is 15.2. The van der Waals surface area contributed by atoms with Crippen molar-refractivity contribution in [2.75, 3.05) is 46.2 Å². The summed E-state index contributed by atoms with van der Waals surface area (Å²) in [6, 6.07) is 13.3. The molecule has 0 aliphatic carbocycles. The van der Waals surface area contributed by atoms with E-state index in [2.05, 4.69) is 26.6 Å². The minimum atomic E-state index is -1.70. The number of phenolic OH excluding ortho intramolecular Hbond substituents is 2. The Kier molecular flexibility index (Phi) is 25.5. The molecule has 5 rings (SSSR count). The highest BCUT2D eigenvalue weighted by molar-refractivity contribution is 8.76. The summed E-state index contributed by atoms with van der Waals surface area (Å²) in [5, 5.41) is 45.9. The Morgan fingerprint density at radius 1 is 0.711 bits per heavy atom. The van der Waals surface area contributed by atoms with Gasteiger partial charge in [-0.15, -0.1) is 0 Å². The number of aliphatic hydroxyl groups is 1. The number of halogens is 1. The number of hydrogen-bond acceptors (Lipinski definition) is 16. The first-order valence-electron chi connectivity index (χ1n) is 26.7. The molecule has 0 aromatic heterocycles. The molecule has 0 radical (unpaired) electrons. The van der Waals surface area contributed by atoms with Crippen LogP contribution in [0.3, 0.4) is 0 Å². The zero-order valence-corrected chi connectivity index (χ0v) is 49.2. The Balaban J connectivity index is 1.65. The molecule has 83 heavy (non-hydrogen) atoms. The van der Waals surface area contributed by atoms with Gasteiger partial charge in [0.2, 0.25) is 53.2 Å². The average molecular weight is 1200 g/mol. The lowest BCUT2D eigenvalue weighted by Gasteiger charge is -2.35. The molecular weight excluding hydrogens is 1130 g/mol. The fourth-order valence-corrected chi connectivity index (χ4v) is 11.7. The molecule has 14 N–H and O–H groups in total. The van der Waals surface area contributed by atoms with Crippen LogP contribution < -0.4 is 43.8 Å². The van der Waals surface area contributed by atoms with Gasteiger partial charge >= 0.3 is 0 Å². The molecule has 0 bridgehead atoms. The number of aromatic hydroxyl groups is 2. The van der Waals surface area contributed by atoms with Crippen LogP contribution in [0.4, 0.5) is 0 Å². The highest BCUT2D eigenvalue weighted by atomic mass is 35.5. The molecule has 26 heteroatoms. The third-order valence-corrected chi connectivity index (χ3v) is 16.8. The SMILES string of the molecule is CN[C@@H](Cc1ccc(Cl)cc1)C(=O)N[C@@H]1CSSC[C@@H](C(=O)N(C)[C@H](Cc2ccc(O)cc2)C(N)=O)NC(=O)C(C(C)O)N(C)C(=O)[C@H](CCCCN)NC(=O)[C@@H](Cc2ccc(C(N)=O)cc2)NC(=O)[C@H](Cc2ccc(O)cc2)N(C)C1=O. The Morgan fingerprint density at radius 2 is 1.25 bits per heavy atom. The third-order valence-electron chi connectivity index (χ3n) is 14.2.